The summed E-state index contributed by atoms with van der Waals surface area (Å²) in [6.45, 7) is 3.31. The van der Waals surface area contributed by atoms with Gasteiger partial charge in [0.25, 0.3) is 5.91 Å². The minimum atomic E-state index is -0.340. The van der Waals surface area contributed by atoms with Crippen molar-refractivity contribution < 1.29 is 9.53 Å². The molecule has 0 spiro atoms. The van der Waals surface area contributed by atoms with Crippen molar-refractivity contribution in [1.82, 2.24) is 20.1 Å². The number of rotatable bonds is 4. The van der Waals surface area contributed by atoms with Crippen LogP contribution >= 0.6 is 0 Å². The van der Waals surface area contributed by atoms with Crippen molar-refractivity contribution in [2.24, 2.45) is 0 Å². The molecular weight excluding hydrogens is 304 g/mol. The molecule has 1 atom stereocenters. The lowest BCUT2D eigenvalue weighted by atomic mass is 9.95. The molecule has 1 unspecified atom stereocenters. The number of amides is 1. The van der Waals surface area contributed by atoms with E-state index in [1.165, 1.54) is 0 Å². The Balaban J connectivity index is 1.60. The first-order chi connectivity index (χ1) is 11.6. The van der Waals surface area contributed by atoms with Crippen molar-refractivity contribution in [3.05, 3.63) is 42.0 Å². The zero-order chi connectivity index (χ0) is 16.6. The van der Waals surface area contributed by atoms with E-state index in [9.17, 15) is 4.79 Å². The van der Waals surface area contributed by atoms with Crippen molar-refractivity contribution in [3.8, 4) is 5.69 Å². The SMILES string of the molecule is CC1(NC(=O)c2nc(C3CC3)n(-c3ccccc3)n2)CCCOC1. The van der Waals surface area contributed by atoms with Gasteiger partial charge in [0.15, 0.2) is 0 Å². The maximum atomic E-state index is 12.7. The van der Waals surface area contributed by atoms with Gasteiger partial charge in [-0.1, -0.05) is 18.2 Å². The Morgan fingerprint density at radius 2 is 2.12 bits per heavy atom. The van der Waals surface area contributed by atoms with Crippen LogP contribution in [-0.2, 0) is 4.74 Å². The van der Waals surface area contributed by atoms with Crippen LogP contribution < -0.4 is 5.32 Å². The predicted molar refractivity (Wildman–Crippen MR) is 89.3 cm³/mol. The molecule has 1 aliphatic carbocycles. The molecule has 1 saturated heterocycles. The summed E-state index contributed by atoms with van der Waals surface area (Å²) < 4.78 is 7.32. The number of hydrogen-bond donors (Lipinski definition) is 1. The van der Waals surface area contributed by atoms with E-state index in [2.05, 4.69) is 15.4 Å². The van der Waals surface area contributed by atoms with E-state index in [0.717, 1.165) is 43.8 Å². The number of aromatic nitrogens is 3. The van der Waals surface area contributed by atoms with Crippen LogP contribution in [-0.4, -0.2) is 39.4 Å². The van der Waals surface area contributed by atoms with Gasteiger partial charge in [-0.25, -0.2) is 9.67 Å². The van der Waals surface area contributed by atoms with Crippen LogP contribution in [0.2, 0.25) is 0 Å². The van der Waals surface area contributed by atoms with E-state index in [1.54, 1.807) is 0 Å². The monoisotopic (exact) mass is 326 g/mol. The number of hydrogen-bond acceptors (Lipinski definition) is 4. The smallest absolute Gasteiger partial charge is 0.291 e. The van der Waals surface area contributed by atoms with Gasteiger partial charge in [-0.05, 0) is 44.7 Å². The van der Waals surface area contributed by atoms with Gasteiger partial charge in [0.1, 0.15) is 5.82 Å². The van der Waals surface area contributed by atoms with Gasteiger partial charge in [0, 0.05) is 12.5 Å². The molecule has 6 heteroatoms. The van der Waals surface area contributed by atoms with Crippen LogP contribution in [0, 0.1) is 0 Å². The fourth-order valence-electron chi connectivity index (χ4n) is 3.15. The van der Waals surface area contributed by atoms with E-state index < -0.39 is 0 Å². The Morgan fingerprint density at radius 3 is 2.79 bits per heavy atom. The van der Waals surface area contributed by atoms with E-state index >= 15 is 0 Å². The molecule has 24 heavy (non-hydrogen) atoms. The second kappa shape index (κ2) is 6.02. The Morgan fingerprint density at radius 1 is 1.33 bits per heavy atom. The summed E-state index contributed by atoms with van der Waals surface area (Å²) >= 11 is 0. The lowest BCUT2D eigenvalue weighted by molar-refractivity contribution is 0.0270. The quantitative estimate of drug-likeness (QED) is 0.937. The largest absolute Gasteiger partial charge is 0.379 e. The highest BCUT2D eigenvalue weighted by molar-refractivity contribution is 5.91. The summed E-state index contributed by atoms with van der Waals surface area (Å²) in [5, 5.41) is 7.55. The first-order valence-electron chi connectivity index (χ1n) is 8.57. The molecule has 4 rings (SSSR count). The fourth-order valence-corrected chi connectivity index (χ4v) is 3.15. The highest BCUT2D eigenvalue weighted by atomic mass is 16.5. The van der Waals surface area contributed by atoms with Gasteiger partial charge in [0.2, 0.25) is 5.82 Å². The molecule has 2 fully saturated rings. The fraction of sp³-hybridized carbons (Fsp3) is 0.500. The number of carbonyl (C=O) groups excluding carboxylic acids is 1. The Kier molecular flexibility index (Phi) is 3.84. The van der Waals surface area contributed by atoms with Crippen LogP contribution in [0.15, 0.2) is 30.3 Å². The van der Waals surface area contributed by atoms with Gasteiger partial charge in [-0.2, -0.15) is 0 Å². The third-order valence-electron chi connectivity index (χ3n) is 4.63. The standard InChI is InChI=1S/C18H22N4O2/c1-18(10-5-11-24-12-18)20-17(23)15-19-16(13-8-9-13)22(21-15)14-6-3-2-4-7-14/h2-4,6-7,13H,5,8-12H2,1H3,(H,20,23). The van der Waals surface area contributed by atoms with Crippen LogP contribution in [0.1, 0.15) is 55.0 Å². The lowest BCUT2D eigenvalue weighted by Gasteiger charge is -2.33. The van der Waals surface area contributed by atoms with E-state index in [1.807, 2.05) is 41.9 Å². The van der Waals surface area contributed by atoms with E-state index in [4.69, 9.17) is 4.74 Å². The zero-order valence-electron chi connectivity index (χ0n) is 13.9. The molecule has 0 radical (unpaired) electrons. The van der Waals surface area contributed by atoms with Gasteiger partial charge in [-0.3, -0.25) is 4.79 Å². The summed E-state index contributed by atoms with van der Waals surface area (Å²) in [4.78, 5) is 17.2. The highest BCUT2D eigenvalue weighted by Gasteiger charge is 2.34. The van der Waals surface area contributed by atoms with Gasteiger partial charge in [-0.15, -0.1) is 5.10 Å². The topological polar surface area (TPSA) is 69.0 Å². The van der Waals surface area contributed by atoms with Crippen LogP contribution in [0.25, 0.3) is 5.69 Å². The van der Waals surface area contributed by atoms with Crippen molar-refractivity contribution in [2.75, 3.05) is 13.2 Å². The maximum absolute atomic E-state index is 12.7. The van der Waals surface area contributed by atoms with Crippen molar-refractivity contribution in [1.29, 1.82) is 0 Å². The molecule has 1 aromatic heterocycles. The second-order valence-corrected chi connectivity index (χ2v) is 6.99. The Bertz CT molecular complexity index is 731. The molecule has 1 N–H and O–H groups in total. The molecule has 126 valence electrons. The first kappa shape index (κ1) is 15.3. The van der Waals surface area contributed by atoms with Gasteiger partial charge in [0.05, 0.1) is 17.8 Å². The zero-order valence-corrected chi connectivity index (χ0v) is 13.9. The van der Waals surface area contributed by atoms with Crippen LogP contribution in [0.3, 0.4) is 0 Å². The molecule has 2 aliphatic rings. The molecule has 1 amide bonds. The summed E-state index contributed by atoms with van der Waals surface area (Å²) in [5.74, 6) is 1.32. The van der Waals surface area contributed by atoms with E-state index in [0.29, 0.717) is 12.5 Å². The highest BCUT2D eigenvalue weighted by Crippen LogP contribution is 2.39. The lowest BCUT2D eigenvalue weighted by Crippen LogP contribution is -2.51. The first-order valence-corrected chi connectivity index (χ1v) is 8.57. The van der Waals surface area contributed by atoms with Crippen molar-refractivity contribution in [3.63, 3.8) is 0 Å². The van der Waals surface area contributed by atoms with Crippen LogP contribution in [0.4, 0.5) is 0 Å². The molecule has 1 aliphatic heterocycles. The number of ether oxygens (including phenoxy) is 1. The predicted octanol–water partition coefficient (Wildman–Crippen LogP) is 2.44. The molecule has 0 bridgehead atoms. The number of benzene rings is 1. The summed E-state index contributed by atoms with van der Waals surface area (Å²) in [5.41, 5.74) is 0.603. The molecule has 2 aromatic rings. The molecule has 2 heterocycles. The average Bonchev–Trinajstić information content (AvgIpc) is 3.34. The number of carbonyl (C=O) groups is 1. The summed E-state index contributed by atoms with van der Waals surface area (Å²) in [6.07, 6.45) is 4.08. The van der Waals surface area contributed by atoms with E-state index in [-0.39, 0.29) is 17.3 Å². The van der Waals surface area contributed by atoms with Gasteiger partial charge < -0.3 is 10.1 Å². The molecular formula is C18H22N4O2. The average molecular weight is 326 g/mol. The second-order valence-electron chi connectivity index (χ2n) is 6.99. The van der Waals surface area contributed by atoms with Crippen LogP contribution in [0.5, 0.6) is 0 Å². The minimum Gasteiger partial charge on any atom is -0.379 e. The third-order valence-corrected chi connectivity index (χ3v) is 4.63. The minimum absolute atomic E-state index is 0.223. The summed E-state index contributed by atoms with van der Waals surface area (Å²) in [7, 11) is 0. The molecule has 6 nitrogen and oxygen atoms in total. The molecule has 1 aromatic carbocycles. The summed E-state index contributed by atoms with van der Waals surface area (Å²) in [6, 6.07) is 9.87. The van der Waals surface area contributed by atoms with Crippen molar-refractivity contribution in [2.45, 2.75) is 44.1 Å². The number of nitrogens with zero attached hydrogens (tertiary/aromatic N) is 3. The number of nitrogens with one attached hydrogen (secondary N) is 1. The normalized spacial score (nSPS) is 23.9. The Hall–Kier alpha value is -2.21. The molecule has 1 saturated carbocycles. The maximum Gasteiger partial charge on any atom is 0.291 e. The Labute approximate surface area is 141 Å². The third kappa shape index (κ3) is 3.06. The number of para-hydroxylation sites is 1. The van der Waals surface area contributed by atoms with Crippen molar-refractivity contribution >= 4 is 5.91 Å². The van der Waals surface area contributed by atoms with Gasteiger partial charge >= 0.3 is 0 Å².